The van der Waals surface area contributed by atoms with Crippen LogP contribution in [0.5, 0.6) is 0 Å². The first-order chi connectivity index (χ1) is 10.7. The number of nitrogens with zero attached hydrogens (tertiary/aromatic N) is 1. The molecule has 108 valence electrons. The fraction of sp³-hybridized carbons (Fsp3) is 0.118. The van der Waals surface area contributed by atoms with Crippen molar-refractivity contribution in [3.63, 3.8) is 0 Å². The number of rotatable bonds is 1. The van der Waals surface area contributed by atoms with Gasteiger partial charge in [0, 0.05) is 6.54 Å². The van der Waals surface area contributed by atoms with Crippen molar-refractivity contribution in [1.29, 1.82) is 0 Å². The van der Waals surface area contributed by atoms with Gasteiger partial charge in [-0.05, 0) is 29.3 Å². The number of fused-ring (bicyclic) bond motifs is 2. The van der Waals surface area contributed by atoms with Crippen molar-refractivity contribution in [2.75, 3.05) is 4.90 Å². The molecule has 22 heavy (non-hydrogen) atoms. The predicted octanol–water partition coefficient (Wildman–Crippen LogP) is 1.66. The van der Waals surface area contributed by atoms with Crippen molar-refractivity contribution in [2.24, 2.45) is 0 Å². The van der Waals surface area contributed by atoms with Gasteiger partial charge in [0.15, 0.2) is 0 Å². The average Bonchev–Trinajstić information content (AvgIpc) is 2.79. The van der Waals surface area contributed by atoms with Gasteiger partial charge >= 0.3 is 0 Å². The van der Waals surface area contributed by atoms with E-state index in [-0.39, 0.29) is 24.1 Å². The summed E-state index contributed by atoms with van der Waals surface area (Å²) >= 11 is 0. The van der Waals surface area contributed by atoms with E-state index in [0.29, 0.717) is 23.4 Å². The quantitative estimate of drug-likeness (QED) is 0.813. The van der Waals surface area contributed by atoms with Crippen LogP contribution in [0, 0.1) is 0 Å². The molecule has 3 amide bonds. The molecular formula is C17H12N2O3. The largest absolute Gasteiger partial charge is 0.352 e. The van der Waals surface area contributed by atoms with Crippen molar-refractivity contribution in [3.8, 4) is 0 Å². The molecule has 2 aromatic carbocycles. The van der Waals surface area contributed by atoms with E-state index >= 15 is 0 Å². The van der Waals surface area contributed by atoms with Gasteiger partial charge in [-0.1, -0.05) is 24.3 Å². The fourth-order valence-corrected chi connectivity index (χ4v) is 3.03. The minimum absolute atomic E-state index is 0.100. The van der Waals surface area contributed by atoms with Crippen molar-refractivity contribution in [1.82, 2.24) is 5.32 Å². The van der Waals surface area contributed by atoms with Gasteiger partial charge in [0.25, 0.3) is 11.8 Å². The maximum absolute atomic E-state index is 12.6. The second kappa shape index (κ2) is 4.53. The average molecular weight is 292 g/mol. The Labute approximate surface area is 126 Å². The minimum atomic E-state index is -0.333. The standard InChI is InChI=1S/C17H12N2O3/c20-15-8-13-10(9-18-15)4-3-7-14(13)19-16(21)11-5-1-2-6-12(11)17(19)22/h1-7H,8-9H2,(H,18,20). The van der Waals surface area contributed by atoms with Gasteiger partial charge in [0.1, 0.15) is 0 Å². The molecule has 0 saturated carbocycles. The Morgan fingerprint density at radius 1 is 0.864 bits per heavy atom. The zero-order chi connectivity index (χ0) is 15.3. The number of carbonyl (C=O) groups excluding carboxylic acids is 3. The van der Waals surface area contributed by atoms with Crippen molar-refractivity contribution >= 4 is 23.4 Å². The summed E-state index contributed by atoms with van der Waals surface area (Å²) in [6.45, 7) is 0.422. The number of carbonyl (C=O) groups is 3. The van der Waals surface area contributed by atoms with Crippen molar-refractivity contribution in [2.45, 2.75) is 13.0 Å². The van der Waals surface area contributed by atoms with E-state index in [1.165, 1.54) is 4.90 Å². The van der Waals surface area contributed by atoms with Crippen LogP contribution >= 0.6 is 0 Å². The second-order valence-electron chi connectivity index (χ2n) is 5.36. The van der Waals surface area contributed by atoms with E-state index in [4.69, 9.17) is 0 Å². The summed E-state index contributed by atoms with van der Waals surface area (Å²) in [7, 11) is 0. The molecule has 0 aromatic heterocycles. The molecule has 0 saturated heterocycles. The molecule has 0 atom stereocenters. The molecule has 2 aliphatic rings. The number of benzene rings is 2. The molecule has 0 fully saturated rings. The van der Waals surface area contributed by atoms with Gasteiger partial charge in [-0.25, -0.2) is 4.90 Å². The molecule has 5 nitrogen and oxygen atoms in total. The van der Waals surface area contributed by atoms with Gasteiger partial charge in [-0.2, -0.15) is 0 Å². The van der Waals surface area contributed by atoms with E-state index in [0.717, 1.165) is 11.1 Å². The summed E-state index contributed by atoms with van der Waals surface area (Å²) in [6, 6.07) is 12.2. The molecule has 0 unspecified atom stereocenters. The lowest BCUT2D eigenvalue weighted by atomic mass is 9.98. The Kier molecular flexibility index (Phi) is 2.63. The third kappa shape index (κ3) is 1.69. The van der Waals surface area contributed by atoms with Crippen LogP contribution < -0.4 is 10.2 Å². The van der Waals surface area contributed by atoms with Crippen LogP contribution in [0.1, 0.15) is 31.8 Å². The van der Waals surface area contributed by atoms with Crippen LogP contribution in [-0.2, 0) is 17.8 Å². The van der Waals surface area contributed by atoms with Crippen LogP contribution in [0.25, 0.3) is 0 Å². The van der Waals surface area contributed by atoms with Crippen LogP contribution in [0.4, 0.5) is 5.69 Å². The van der Waals surface area contributed by atoms with E-state index in [1.807, 2.05) is 6.07 Å². The minimum Gasteiger partial charge on any atom is -0.352 e. The molecule has 0 aliphatic carbocycles. The molecule has 5 heteroatoms. The second-order valence-corrected chi connectivity index (χ2v) is 5.36. The Morgan fingerprint density at radius 3 is 2.23 bits per heavy atom. The molecule has 2 aromatic rings. The number of nitrogens with one attached hydrogen (secondary N) is 1. The SMILES string of the molecule is O=C1Cc2c(cccc2N2C(=O)c3ccccc3C2=O)CN1. The Morgan fingerprint density at radius 2 is 1.55 bits per heavy atom. The van der Waals surface area contributed by atoms with Crippen molar-refractivity contribution < 1.29 is 14.4 Å². The molecule has 0 radical (unpaired) electrons. The van der Waals surface area contributed by atoms with Crippen LogP contribution in [0.15, 0.2) is 42.5 Å². The Balaban J connectivity index is 1.86. The third-order valence-corrected chi connectivity index (χ3v) is 4.10. The zero-order valence-electron chi connectivity index (χ0n) is 11.6. The molecule has 4 rings (SSSR count). The lowest BCUT2D eigenvalue weighted by Gasteiger charge is -2.23. The number of hydrogen-bond acceptors (Lipinski definition) is 3. The van der Waals surface area contributed by atoms with E-state index < -0.39 is 0 Å². The van der Waals surface area contributed by atoms with E-state index in [2.05, 4.69) is 5.32 Å². The first-order valence-corrected chi connectivity index (χ1v) is 7.02. The number of imide groups is 1. The van der Waals surface area contributed by atoms with Gasteiger partial charge in [0.2, 0.25) is 5.91 Å². The topological polar surface area (TPSA) is 66.5 Å². The Hall–Kier alpha value is -2.95. The lowest BCUT2D eigenvalue weighted by Crippen LogP contribution is -2.35. The normalized spacial score (nSPS) is 16.4. The number of hydrogen-bond donors (Lipinski definition) is 1. The molecule has 0 bridgehead atoms. The van der Waals surface area contributed by atoms with Gasteiger partial charge in [-0.3, -0.25) is 14.4 Å². The fourth-order valence-electron chi connectivity index (χ4n) is 3.03. The lowest BCUT2D eigenvalue weighted by molar-refractivity contribution is -0.121. The van der Waals surface area contributed by atoms with Gasteiger partial charge in [-0.15, -0.1) is 0 Å². The summed E-state index contributed by atoms with van der Waals surface area (Å²) < 4.78 is 0. The van der Waals surface area contributed by atoms with Gasteiger partial charge in [0.05, 0.1) is 23.2 Å². The molecule has 1 N–H and O–H groups in total. The van der Waals surface area contributed by atoms with Crippen molar-refractivity contribution in [3.05, 3.63) is 64.7 Å². The Bertz CT molecular complexity index is 807. The summed E-state index contributed by atoms with van der Waals surface area (Å²) in [5.74, 6) is -0.767. The van der Waals surface area contributed by atoms with E-state index in [9.17, 15) is 14.4 Å². The number of anilines is 1. The van der Waals surface area contributed by atoms with E-state index in [1.54, 1.807) is 36.4 Å². The summed E-state index contributed by atoms with van der Waals surface area (Å²) in [4.78, 5) is 38.0. The van der Waals surface area contributed by atoms with Crippen LogP contribution in [0.3, 0.4) is 0 Å². The van der Waals surface area contributed by atoms with Crippen LogP contribution in [0.2, 0.25) is 0 Å². The summed E-state index contributed by atoms with van der Waals surface area (Å²) in [5.41, 5.74) is 3.02. The monoisotopic (exact) mass is 292 g/mol. The molecule has 2 aliphatic heterocycles. The first-order valence-electron chi connectivity index (χ1n) is 7.02. The highest BCUT2D eigenvalue weighted by Crippen LogP contribution is 2.33. The highest BCUT2D eigenvalue weighted by atomic mass is 16.2. The highest BCUT2D eigenvalue weighted by Gasteiger charge is 2.38. The maximum atomic E-state index is 12.6. The summed E-state index contributed by atoms with van der Waals surface area (Å²) in [6.07, 6.45) is 0.179. The third-order valence-electron chi connectivity index (χ3n) is 4.10. The zero-order valence-corrected chi connectivity index (χ0v) is 11.6. The maximum Gasteiger partial charge on any atom is 0.266 e. The van der Waals surface area contributed by atoms with Gasteiger partial charge < -0.3 is 5.32 Å². The summed E-state index contributed by atoms with van der Waals surface area (Å²) in [5, 5.41) is 2.77. The predicted molar refractivity (Wildman–Crippen MR) is 79.6 cm³/mol. The molecule has 2 heterocycles. The highest BCUT2D eigenvalue weighted by molar-refractivity contribution is 6.34. The first kappa shape index (κ1) is 12.8. The molecular weight excluding hydrogens is 280 g/mol. The smallest absolute Gasteiger partial charge is 0.266 e. The van der Waals surface area contributed by atoms with Crippen LogP contribution in [-0.4, -0.2) is 17.7 Å². The number of amides is 3. The molecule has 0 spiro atoms.